The Morgan fingerprint density at radius 2 is 1.29 bits per heavy atom. The molecular formula is C4HF8IO. The van der Waals surface area contributed by atoms with Crippen LogP contribution in [-0.4, -0.2) is 22.6 Å². The van der Waals surface area contributed by atoms with Gasteiger partial charge in [-0.25, -0.2) is 9.13 Å². The predicted octanol–water partition coefficient (Wildman–Crippen LogP) is 3.48. The molecule has 0 aliphatic heterocycles. The number of rotatable bonds is 3. The van der Waals surface area contributed by atoms with Gasteiger partial charge in [0, 0.05) is 0 Å². The predicted molar refractivity (Wildman–Crippen MR) is 35.9 cm³/mol. The summed E-state index contributed by atoms with van der Waals surface area (Å²) in [6.45, 7) is 0. The quantitative estimate of drug-likeness (QED) is 0.433. The summed E-state index contributed by atoms with van der Waals surface area (Å²) >= 11 is 0.311. The van der Waals surface area contributed by atoms with Crippen molar-refractivity contribution in [2.75, 3.05) is 0 Å². The number of alkyl halides is 9. The molecule has 14 heavy (non-hydrogen) atoms. The fourth-order valence-corrected chi connectivity index (χ4v) is 0.400. The highest BCUT2D eigenvalue weighted by Gasteiger charge is 2.65. The van der Waals surface area contributed by atoms with Crippen LogP contribution in [0.1, 0.15) is 0 Å². The van der Waals surface area contributed by atoms with Crippen molar-refractivity contribution >= 4 is 22.6 Å². The molecule has 1 atom stereocenters. The molecule has 0 spiro atoms. The van der Waals surface area contributed by atoms with E-state index in [0.717, 1.165) is 0 Å². The van der Waals surface area contributed by atoms with Crippen LogP contribution in [0.4, 0.5) is 35.1 Å². The lowest BCUT2D eigenvalue weighted by molar-refractivity contribution is -0.458. The third-order valence-electron chi connectivity index (χ3n) is 0.848. The fraction of sp³-hybridized carbons (Fsp3) is 1.00. The molecule has 0 saturated carbocycles. The van der Waals surface area contributed by atoms with Crippen LogP contribution in [0.25, 0.3) is 0 Å². The highest BCUT2D eigenvalue weighted by Crippen LogP contribution is 2.42. The first-order valence-corrected chi connectivity index (χ1v) is 3.95. The van der Waals surface area contributed by atoms with Gasteiger partial charge >= 0.3 is 18.4 Å². The summed E-state index contributed by atoms with van der Waals surface area (Å²) in [7, 11) is 0. The molecule has 0 saturated heterocycles. The molecule has 0 N–H and O–H groups in total. The molecule has 0 heterocycles. The van der Waals surface area contributed by atoms with Gasteiger partial charge in [0.2, 0.25) is 4.18 Å². The van der Waals surface area contributed by atoms with E-state index in [1.165, 1.54) is 0 Å². The zero-order chi connectivity index (χ0) is 11.8. The molecule has 0 aromatic rings. The topological polar surface area (TPSA) is 9.23 Å². The first kappa shape index (κ1) is 14.1. The molecule has 0 bridgehead atoms. The first-order chi connectivity index (χ1) is 5.90. The molecule has 0 aliphatic rings. The van der Waals surface area contributed by atoms with Crippen LogP contribution in [-0.2, 0) is 4.74 Å². The SMILES string of the molecule is FC(I)C(F)(F)OC(F)(F)C(F)(F)F. The Morgan fingerprint density at radius 3 is 1.50 bits per heavy atom. The van der Waals surface area contributed by atoms with Gasteiger partial charge in [-0.2, -0.15) is 30.7 Å². The van der Waals surface area contributed by atoms with E-state index in [1.54, 1.807) is 0 Å². The molecule has 1 unspecified atom stereocenters. The van der Waals surface area contributed by atoms with E-state index < -0.39 is 22.6 Å². The Morgan fingerprint density at radius 1 is 0.929 bits per heavy atom. The van der Waals surface area contributed by atoms with Crippen LogP contribution in [0.5, 0.6) is 0 Å². The second-order valence-corrected chi connectivity index (χ2v) is 3.07. The van der Waals surface area contributed by atoms with E-state index in [9.17, 15) is 35.1 Å². The Kier molecular flexibility index (Phi) is 3.98. The van der Waals surface area contributed by atoms with Crippen LogP contribution < -0.4 is 0 Å². The van der Waals surface area contributed by atoms with E-state index in [-0.39, 0.29) is 0 Å². The normalized spacial score (nSPS) is 16.9. The third kappa shape index (κ3) is 3.37. The van der Waals surface area contributed by atoms with E-state index in [0.29, 0.717) is 22.6 Å². The molecule has 86 valence electrons. The Bertz CT molecular complexity index is 198. The van der Waals surface area contributed by atoms with E-state index >= 15 is 0 Å². The first-order valence-electron chi connectivity index (χ1n) is 2.71. The van der Waals surface area contributed by atoms with Gasteiger partial charge in [0.25, 0.3) is 0 Å². The summed E-state index contributed by atoms with van der Waals surface area (Å²) in [6.07, 6.45) is -17.6. The molecule has 0 aromatic carbocycles. The molecule has 1 nitrogen and oxygen atoms in total. The molecule has 0 aromatic heterocycles. The Labute approximate surface area is 85.5 Å². The number of ether oxygens (including phenoxy) is 1. The highest BCUT2D eigenvalue weighted by atomic mass is 127. The molecule has 0 amide bonds. The van der Waals surface area contributed by atoms with Crippen LogP contribution in [0.2, 0.25) is 0 Å². The number of hydrogen-bond acceptors (Lipinski definition) is 1. The van der Waals surface area contributed by atoms with Crippen molar-refractivity contribution in [3.05, 3.63) is 0 Å². The van der Waals surface area contributed by atoms with Crippen molar-refractivity contribution in [1.82, 2.24) is 0 Å². The van der Waals surface area contributed by atoms with Gasteiger partial charge in [0.1, 0.15) is 0 Å². The molecule has 10 heteroatoms. The van der Waals surface area contributed by atoms with E-state index in [2.05, 4.69) is 4.74 Å². The van der Waals surface area contributed by atoms with Gasteiger partial charge in [0.15, 0.2) is 0 Å². The van der Waals surface area contributed by atoms with E-state index in [4.69, 9.17) is 0 Å². The van der Waals surface area contributed by atoms with Crippen molar-refractivity contribution in [3.63, 3.8) is 0 Å². The standard InChI is InChI=1S/C4HF8IO/c5-1(13)2(6,7)14-4(11,12)3(8,9)10/h1H. The molecule has 0 radical (unpaired) electrons. The zero-order valence-corrected chi connectivity index (χ0v) is 8.04. The summed E-state index contributed by atoms with van der Waals surface area (Å²) < 4.78 is 92.0. The smallest absolute Gasteiger partial charge is 0.245 e. The van der Waals surface area contributed by atoms with Gasteiger partial charge in [-0.05, 0) is 22.6 Å². The maximum absolute atomic E-state index is 12.0. The van der Waals surface area contributed by atoms with Gasteiger partial charge in [-0.15, -0.1) is 0 Å². The van der Waals surface area contributed by atoms with Crippen LogP contribution in [0.3, 0.4) is 0 Å². The van der Waals surface area contributed by atoms with Gasteiger partial charge in [-0.3, -0.25) is 0 Å². The van der Waals surface area contributed by atoms with Crippen LogP contribution >= 0.6 is 22.6 Å². The lowest BCUT2D eigenvalue weighted by Gasteiger charge is -2.24. The highest BCUT2D eigenvalue weighted by molar-refractivity contribution is 14.1. The Hall–Kier alpha value is 0.130. The van der Waals surface area contributed by atoms with Crippen LogP contribution in [0.15, 0.2) is 0 Å². The third-order valence-corrected chi connectivity index (χ3v) is 1.57. The zero-order valence-electron chi connectivity index (χ0n) is 5.89. The van der Waals surface area contributed by atoms with Crippen molar-refractivity contribution < 1.29 is 39.9 Å². The lowest BCUT2D eigenvalue weighted by atomic mass is 10.6. The Balaban J connectivity index is 4.67. The largest absolute Gasteiger partial charge is 0.483 e. The maximum Gasteiger partial charge on any atom is 0.483 e. The molecule has 0 aliphatic carbocycles. The van der Waals surface area contributed by atoms with Gasteiger partial charge in [-0.1, -0.05) is 0 Å². The lowest BCUT2D eigenvalue weighted by Crippen LogP contribution is -2.46. The average Bonchev–Trinajstić information content (AvgIpc) is 1.80. The van der Waals surface area contributed by atoms with Crippen LogP contribution in [0, 0.1) is 0 Å². The second-order valence-electron chi connectivity index (χ2n) is 1.98. The minimum atomic E-state index is -6.32. The summed E-state index contributed by atoms with van der Waals surface area (Å²) in [4.78, 5) is 0. The fourth-order valence-electron chi connectivity index (χ4n) is 0.273. The molecule has 0 rings (SSSR count). The van der Waals surface area contributed by atoms with Gasteiger partial charge < -0.3 is 0 Å². The summed E-state index contributed by atoms with van der Waals surface area (Å²) in [5, 5.41) is 0. The van der Waals surface area contributed by atoms with Crippen molar-refractivity contribution in [2.24, 2.45) is 0 Å². The summed E-state index contributed by atoms with van der Waals surface area (Å²) in [5.41, 5.74) is 0. The number of hydrogen-bond donors (Lipinski definition) is 0. The summed E-state index contributed by atoms with van der Waals surface area (Å²) in [6, 6.07) is 0. The van der Waals surface area contributed by atoms with Crippen molar-refractivity contribution in [1.29, 1.82) is 0 Å². The minimum Gasteiger partial charge on any atom is -0.245 e. The van der Waals surface area contributed by atoms with Crippen molar-refractivity contribution in [3.8, 4) is 0 Å². The number of halogens is 9. The van der Waals surface area contributed by atoms with Gasteiger partial charge in [0.05, 0.1) is 0 Å². The maximum atomic E-state index is 12.0. The monoisotopic (exact) mass is 344 g/mol. The van der Waals surface area contributed by atoms with E-state index in [1.807, 2.05) is 0 Å². The van der Waals surface area contributed by atoms with Crippen molar-refractivity contribution in [2.45, 2.75) is 22.6 Å². The molecular weight excluding hydrogens is 343 g/mol. The average molecular weight is 344 g/mol. The minimum absolute atomic E-state index is 0.311. The second kappa shape index (κ2) is 3.94. The molecule has 0 fully saturated rings. The summed E-state index contributed by atoms with van der Waals surface area (Å²) in [5.74, 6) is 0.